The standard InChI is InChI=1S/C16H30O2/c1-4-6-7-8-9-10-11-12-13-14-16(17)18-15(3)5-2/h6-7,15H,4-5,8-14H2,1-3H3/b7-6+. The van der Waals surface area contributed by atoms with E-state index in [1.165, 1.54) is 25.7 Å². The lowest BCUT2D eigenvalue weighted by Gasteiger charge is -2.10. The number of hydrogen-bond acceptors (Lipinski definition) is 2. The number of ether oxygens (including phenoxy) is 1. The van der Waals surface area contributed by atoms with Crippen molar-refractivity contribution < 1.29 is 9.53 Å². The Morgan fingerprint density at radius 1 is 1.06 bits per heavy atom. The Kier molecular flexibility index (Phi) is 12.1. The van der Waals surface area contributed by atoms with Crippen LogP contribution in [0.4, 0.5) is 0 Å². The second kappa shape index (κ2) is 12.7. The summed E-state index contributed by atoms with van der Waals surface area (Å²) in [6.07, 6.45) is 14.3. The highest BCUT2D eigenvalue weighted by Gasteiger charge is 2.06. The Morgan fingerprint density at radius 2 is 1.72 bits per heavy atom. The largest absolute Gasteiger partial charge is 0.463 e. The summed E-state index contributed by atoms with van der Waals surface area (Å²) in [5.41, 5.74) is 0. The van der Waals surface area contributed by atoms with Crippen LogP contribution in [0, 0.1) is 0 Å². The molecule has 0 N–H and O–H groups in total. The minimum atomic E-state index is -0.0322. The second-order valence-corrected chi connectivity index (χ2v) is 4.89. The normalized spacial score (nSPS) is 12.8. The Bertz CT molecular complexity index is 221. The van der Waals surface area contributed by atoms with Crippen molar-refractivity contribution in [2.45, 2.75) is 84.7 Å². The van der Waals surface area contributed by atoms with E-state index in [4.69, 9.17) is 4.74 Å². The molecule has 0 saturated heterocycles. The minimum Gasteiger partial charge on any atom is -0.463 e. The SMILES string of the molecule is CC/C=C/CCCCCCCC(=O)OC(C)CC. The van der Waals surface area contributed by atoms with Crippen molar-refractivity contribution in [3.63, 3.8) is 0 Å². The summed E-state index contributed by atoms with van der Waals surface area (Å²) in [6, 6.07) is 0. The van der Waals surface area contributed by atoms with Crippen molar-refractivity contribution in [2.24, 2.45) is 0 Å². The highest BCUT2D eigenvalue weighted by atomic mass is 16.5. The molecule has 0 aromatic carbocycles. The molecule has 0 bridgehead atoms. The van der Waals surface area contributed by atoms with Gasteiger partial charge in [0.25, 0.3) is 0 Å². The van der Waals surface area contributed by atoms with Gasteiger partial charge in [-0.15, -0.1) is 0 Å². The van der Waals surface area contributed by atoms with Crippen LogP contribution >= 0.6 is 0 Å². The van der Waals surface area contributed by atoms with Crippen molar-refractivity contribution >= 4 is 5.97 Å². The third kappa shape index (κ3) is 11.7. The lowest BCUT2D eigenvalue weighted by molar-refractivity contribution is -0.148. The van der Waals surface area contributed by atoms with Crippen LogP contribution in [0.15, 0.2) is 12.2 Å². The molecule has 1 unspecified atom stereocenters. The highest BCUT2D eigenvalue weighted by molar-refractivity contribution is 5.69. The van der Waals surface area contributed by atoms with E-state index < -0.39 is 0 Å². The molecule has 0 aromatic rings. The van der Waals surface area contributed by atoms with Crippen molar-refractivity contribution in [1.82, 2.24) is 0 Å². The van der Waals surface area contributed by atoms with Gasteiger partial charge in [-0.3, -0.25) is 4.79 Å². The maximum Gasteiger partial charge on any atom is 0.306 e. The first-order valence-corrected chi connectivity index (χ1v) is 7.55. The van der Waals surface area contributed by atoms with E-state index in [-0.39, 0.29) is 12.1 Å². The van der Waals surface area contributed by atoms with E-state index >= 15 is 0 Å². The molecule has 1 atom stereocenters. The number of carbonyl (C=O) groups excluding carboxylic acids is 1. The molecular weight excluding hydrogens is 224 g/mol. The fourth-order valence-corrected chi connectivity index (χ4v) is 1.71. The first kappa shape index (κ1) is 17.2. The molecule has 18 heavy (non-hydrogen) atoms. The number of rotatable bonds is 11. The summed E-state index contributed by atoms with van der Waals surface area (Å²) in [5, 5.41) is 0. The van der Waals surface area contributed by atoms with Crippen molar-refractivity contribution in [2.75, 3.05) is 0 Å². The molecule has 0 aliphatic heterocycles. The van der Waals surface area contributed by atoms with Gasteiger partial charge in [-0.1, -0.05) is 45.3 Å². The van der Waals surface area contributed by atoms with Gasteiger partial charge in [0.1, 0.15) is 0 Å². The van der Waals surface area contributed by atoms with E-state index in [1.807, 2.05) is 13.8 Å². The number of esters is 1. The van der Waals surface area contributed by atoms with Gasteiger partial charge >= 0.3 is 5.97 Å². The predicted molar refractivity (Wildman–Crippen MR) is 77.6 cm³/mol. The van der Waals surface area contributed by atoms with Gasteiger partial charge in [-0.25, -0.2) is 0 Å². The fraction of sp³-hybridized carbons (Fsp3) is 0.812. The van der Waals surface area contributed by atoms with Crippen molar-refractivity contribution in [3.8, 4) is 0 Å². The fourth-order valence-electron chi connectivity index (χ4n) is 1.71. The lowest BCUT2D eigenvalue weighted by Crippen LogP contribution is -2.13. The molecule has 0 amide bonds. The number of carbonyl (C=O) groups is 1. The van der Waals surface area contributed by atoms with Gasteiger partial charge < -0.3 is 4.74 Å². The van der Waals surface area contributed by atoms with Gasteiger partial charge in [0, 0.05) is 6.42 Å². The zero-order valence-corrected chi connectivity index (χ0v) is 12.4. The molecule has 0 fully saturated rings. The quantitative estimate of drug-likeness (QED) is 0.294. The molecule has 2 nitrogen and oxygen atoms in total. The Balaban J connectivity index is 3.25. The second-order valence-electron chi connectivity index (χ2n) is 4.89. The maximum atomic E-state index is 11.4. The highest BCUT2D eigenvalue weighted by Crippen LogP contribution is 2.09. The Labute approximate surface area is 113 Å². The number of hydrogen-bond donors (Lipinski definition) is 0. The third-order valence-electron chi connectivity index (χ3n) is 3.06. The molecule has 0 radical (unpaired) electrons. The van der Waals surface area contributed by atoms with Crippen LogP contribution in [0.25, 0.3) is 0 Å². The van der Waals surface area contributed by atoms with Gasteiger partial charge in [-0.2, -0.15) is 0 Å². The molecule has 2 heteroatoms. The third-order valence-corrected chi connectivity index (χ3v) is 3.06. The van der Waals surface area contributed by atoms with E-state index in [0.717, 1.165) is 25.7 Å². The molecular formula is C16H30O2. The minimum absolute atomic E-state index is 0.0322. The summed E-state index contributed by atoms with van der Waals surface area (Å²) in [7, 11) is 0. The van der Waals surface area contributed by atoms with E-state index in [1.54, 1.807) is 0 Å². The van der Waals surface area contributed by atoms with Crippen molar-refractivity contribution in [3.05, 3.63) is 12.2 Å². The monoisotopic (exact) mass is 254 g/mol. The van der Waals surface area contributed by atoms with Crippen LogP contribution in [0.3, 0.4) is 0 Å². The van der Waals surface area contributed by atoms with Crippen LogP contribution < -0.4 is 0 Å². The molecule has 0 spiro atoms. The molecule has 0 aliphatic rings. The van der Waals surface area contributed by atoms with Crippen LogP contribution in [0.2, 0.25) is 0 Å². The summed E-state index contributed by atoms with van der Waals surface area (Å²) in [6.45, 7) is 6.14. The van der Waals surface area contributed by atoms with Gasteiger partial charge in [0.15, 0.2) is 0 Å². The average Bonchev–Trinajstić information content (AvgIpc) is 2.36. The zero-order chi connectivity index (χ0) is 13.6. The van der Waals surface area contributed by atoms with Gasteiger partial charge in [0.2, 0.25) is 0 Å². The smallest absolute Gasteiger partial charge is 0.306 e. The summed E-state index contributed by atoms with van der Waals surface area (Å²) < 4.78 is 5.22. The van der Waals surface area contributed by atoms with E-state index in [2.05, 4.69) is 19.1 Å². The van der Waals surface area contributed by atoms with Crippen LogP contribution in [0.5, 0.6) is 0 Å². The average molecular weight is 254 g/mol. The maximum absolute atomic E-state index is 11.4. The van der Waals surface area contributed by atoms with E-state index in [0.29, 0.717) is 6.42 Å². The predicted octanol–water partition coefficient (Wildman–Crippen LogP) is 5.03. The van der Waals surface area contributed by atoms with Crippen LogP contribution in [-0.4, -0.2) is 12.1 Å². The summed E-state index contributed by atoms with van der Waals surface area (Å²) >= 11 is 0. The number of unbranched alkanes of at least 4 members (excludes halogenated alkanes) is 5. The van der Waals surface area contributed by atoms with Crippen LogP contribution in [0.1, 0.15) is 78.6 Å². The van der Waals surface area contributed by atoms with E-state index in [9.17, 15) is 4.79 Å². The first-order valence-electron chi connectivity index (χ1n) is 7.55. The summed E-state index contributed by atoms with van der Waals surface area (Å²) in [5.74, 6) is -0.0322. The zero-order valence-electron chi connectivity index (χ0n) is 12.4. The Hall–Kier alpha value is -0.790. The Morgan fingerprint density at radius 3 is 2.39 bits per heavy atom. The molecule has 0 aromatic heterocycles. The van der Waals surface area contributed by atoms with Gasteiger partial charge in [0.05, 0.1) is 6.10 Å². The molecule has 0 aliphatic carbocycles. The molecule has 106 valence electrons. The van der Waals surface area contributed by atoms with Crippen molar-refractivity contribution in [1.29, 1.82) is 0 Å². The molecule has 0 rings (SSSR count). The number of allylic oxidation sites excluding steroid dienone is 2. The van der Waals surface area contributed by atoms with Crippen LogP contribution in [-0.2, 0) is 9.53 Å². The first-order chi connectivity index (χ1) is 8.70. The molecule has 0 saturated carbocycles. The molecule has 0 heterocycles. The summed E-state index contributed by atoms with van der Waals surface area (Å²) in [4.78, 5) is 11.4. The van der Waals surface area contributed by atoms with Gasteiger partial charge in [-0.05, 0) is 39.0 Å². The lowest BCUT2D eigenvalue weighted by atomic mass is 10.1. The topological polar surface area (TPSA) is 26.3 Å².